The van der Waals surface area contributed by atoms with E-state index in [1.54, 1.807) is 0 Å². The molecule has 0 saturated carbocycles. The van der Waals surface area contributed by atoms with Crippen LogP contribution in [0.1, 0.15) is 10.4 Å². The van der Waals surface area contributed by atoms with Crippen molar-refractivity contribution in [2.75, 3.05) is 7.11 Å². The van der Waals surface area contributed by atoms with Crippen molar-refractivity contribution in [3.05, 3.63) is 34.3 Å². The predicted octanol–water partition coefficient (Wildman–Crippen LogP) is 0.897. The van der Waals surface area contributed by atoms with Crippen molar-refractivity contribution in [1.29, 1.82) is 0 Å². The van der Waals surface area contributed by atoms with E-state index in [2.05, 4.69) is 0 Å². The number of rotatable bonds is 3. The molecule has 0 aliphatic carbocycles. The Morgan fingerprint density at radius 2 is 2.31 bits per heavy atom. The number of nitrogens with zero attached hydrogens (tertiary/aromatic N) is 1. The van der Waals surface area contributed by atoms with Gasteiger partial charge >= 0.3 is 11.7 Å². The number of ether oxygens (including phenoxy) is 1. The van der Waals surface area contributed by atoms with Gasteiger partial charge in [0.25, 0.3) is 0 Å². The Morgan fingerprint density at radius 1 is 1.56 bits per heavy atom. The lowest BCUT2D eigenvalue weighted by molar-refractivity contribution is 0.0697. The highest BCUT2D eigenvalue weighted by molar-refractivity contribution is 5.91. The van der Waals surface area contributed by atoms with E-state index in [0.717, 1.165) is 0 Å². The summed E-state index contributed by atoms with van der Waals surface area (Å²) in [6, 6.07) is 4.21. The lowest BCUT2D eigenvalue weighted by Crippen LogP contribution is -2.15. The largest absolute Gasteiger partial charge is 0.478 e. The number of carboxylic acids is 1. The van der Waals surface area contributed by atoms with Gasteiger partial charge in [0.1, 0.15) is 6.73 Å². The number of carbonyl (C=O) groups is 1. The normalized spacial score (nSPS) is 10.8. The molecule has 0 amide bonds. The van der Waals surface area contributed by atoms with E-state index in [1.807, 2.05) is 0 Å². The fraction of sp³-hybridized carbons (Fsp3) is 0.200. The van der Waals surface area contributed by atoms with Crippen molar-refractivity contribution in [3.8, 4) is 0 Å². The minimum atomic E-state index is -1.06. The van der Waals surface area contributed by atoms with Crippen molar-refractivity contribution < 1.29 is 19.1 Å². The first-order valence-corrected chi connectivity index (χ1v) is 4.49. The number of hydrogen-bond donors (Lipinski definition) is 1. The molecule has 0 radical (unpaired) electrons. The quantitative estimate of drug-likeness (QED) is 0.835. The van der Waals surface area contributed by atoms with Crippen LogP contribution in [-0.2, 0) is 11.5 Å². The van der Waals surface area contributed by atoms with Crippen LogP contribution in [0.4, 0.5) is 0 Å². The van der Waals surface area contributed by atoms with E-state index < -0.39 is 11.7 Å². The van der Waals surface area contributed by atoms with Crippen LogP contribution in [0.25, 0.3) is 11.1 Å². The topological polar surface area (TPSA) is 81.7 Å². The fourth-order valence-electron chi connectivity index (χ4n) is 1.45. The van der Waals surface area contributed by atoms with Crippen LogP contribution < -0.4 is 5.76 Å². The predicted molar refractivity (Wildman–Crippen MR) is 54.4 cm³/mol. The second-order valence-electron chi connectivity index (χ2n) is 3.20. The Morgan fingerprint density at radius 3 is 2.94 bits per heavy atom. The Bertz CT molecular complexity index is 595. The van der Waals surface area contributed by atoms with Gasteiger partial charge in [0.05, 0.1) is 11.1 Å². The van der Waals surface area contributed by atoms with E-state index in [4.69, 9.17) is 14.3 Å². The van der Waals surface area contributed by atoms with Gasteiger partial charge in [-0.15, -0.1) is 0 Å². The minimum absolute atomic E-state index is 0.0227. The molecule has 0 atom stereocenters. The van der Waals surface area contributed by atoms with Crippen LogP contribution in [0.2, 0.25) is 0 Å². The average molecular weight is 223 g/mol. The summed E-state index contributed by atoms with van der Waals surface area (Å²) < 4.78 is 11.0. The number of carboxylic acid groups (broad SMARTS) is 1. The van der Waals surface area contributed by atoms with E-state index in [1.165, 1.54) is 29.9 Å². The van der Waals surface area contributed by atoms with Gasteiger partial charge < -0.3 is 14.3 Å². The Balaban J connectivity index is 2.69. The number of hydrogen-bond acceptors (Lipinski definition) is 4. The summed E-state index contributed by atoms with van der Waals surface area (Å²) in [7, 11) is 1.44. The highest BCUT2D eigenvalue weighted by Crippen LogP contribution is 2.15. The molecule has 0 aliphatic rings. The van der Waals surface area contributed by atoms with E-state index in [0.29, 0.717) is 11.1 Å². The lowest BCUT2D eigenvalue weighted by Gasteiger charge is -1.99. The Hall–Kier alpha value is -2.08. The summed E-state index contributed by atoms with van der Waals surface area (Å²) in [5, 5.41) is 8.82. The molecule has 0 saturated heterocycles. The van der Waals surface area contributed by atoms with Crippen molar-refractivity contribution in [3.63, 3.8) is 0 Å². The smallest absolute Gasteiger partial charge is 0.421 e. The van der Waals surface area contributed by atoms with Crippen LogP contribution in [-0.4, -0.2) is 22.8 Å². The number of aromatic carboxylic acids is 1. The van der Waals surface area contributed by atoms with E-state index in [-0.39, 0.29) is 12.3 Å². The molecule has 1 heterocycles. The third kappa shape index (κ3) is 1.59. The maximum absolute atomic E-state index is 11.4. The van der Waals surface area contributed by atoms with Gasteiger partial charge in [0, 0.05) is 7.11 Å². The van der Waals surface area contributed by atoms with Crippen LogP contribution in [0, 0.1) is 0 Å². The number of oxazole rings is 1. The Labute approximate surface area is 89.7 Å². The molecular weight excluding hydrogens is 214 g/mol. The lowest BCUT2D eigenvalue weighted by atomic mass is 10.2. The van der Waals surface area contributed by atoms with Crippen molar-refractivity contribution in [2.45, 2.75) is 6.73 Å². The molecule has 0 fully saturated rings. The summed E-state index contributed by atoms with van der Waals surface area (Å²) in [5.41, 5.74) is 0.844. The number of methoxy groups -OCH3 is 1. The number of benzene rings is 1. The van der Waals surface area contributed by atoms with Gasteiger partial charge in [-0.1, -0.05) is 0 Å². The number of fused-ring (bicyclic) bond motifs is 1. The van der Waals surface area contributed by atoms with Gasteiger partial charge in [-0.05, 0) is 18.2 Å². The molecule has 2 aromatic rings. The summed E-state index contributed by atoms with van der Waals surface area (Å²) in [6.07, 6.45) is 0. The Kier molecular flexibility index (Phi) is 2.49. The summed E-state index contributed by atoms with van der Waals surface area (Å²) in [4.78, 5) is 22.1. The molecule has 0 bridgehead atoms. The third-order valence-corrected chi connectivity index (χ3v) is 2.17. The van der Waals surface area contributed by atoms with Crippen LogP contribution >= 0.6 is 0 Å². The third-order valence-electron chi connectivity index (χ3n) is 2.17. The molecule has 0 unspecified atom stereocenters. The van der Waals surface area contributed by atoms with Gasteiger partial charge in [-0.2, -0.15) is 0 Å². The molecule has 1 N–H and O–H groups in total. The molecular formula is C10H9NO5. The minimum Gasteiger partial charge on any atom is -0.478 e. The maximum Gasteiger partial charge on any atom is 0.421 e. The second-order valence-corrected chi connectivity index (χ2v) is 3.20. The van der Waals surface area contributed by atoms with Crippen LogP contribution in [0.5, 0.6) is 0 Å². The first kappa shape index (κ1) is 10.4. The zero-order chi connectivity index (χ0) is 11.7. The first-order valence-electron chi connectivity index (χ1n) is 4.49. The molecule has 6 heteroatoms. The van der Waals surface area contributed by atoms with Gasteiger partial charge in [0.2, 0.25) is 0 Å². The van der Waals surface area contributed by atoms with E-state index in [9.17, 15) is 9.59 Å². The second kappa shape index (κ2) is 3.82. The molecule has 2 rings (SSSR count). The molecule has 0 spiro atoms. The van der Waals surface area contributed by atoms with Gasteiger partial charge in [0.15, 0.2) is 5.58 Å². The highest BCUT2D eigenvalue weighted by atomic mass is 16.5. The molecule has 84 valence electrons. The summed E-state index contributed by atoms with van der Waals surface area (Å²) in [6.45, 7) is 0.0227. The standard InChI is InChI=1S/C10H9NO5/c1-15-5-11-7-4-6(9(12)13)2-3-8(7)16-10(11)14/h2-4H,5H2,1H3,(H,12,13). The van der Waals surface area contributed by atoms with Gasteiger partial charge in [-0.25, -0.2) is 14.2 Å². The maximum atomic E-state index is 11.4. The average Bonchev–Trinajstić information content (AvgIpc) is 2.55. The van der Waals surface area contributed by atoms with E-state index >= 15 is 0 Å². The summed E-state index contributed by atoms with van der Waals surface area (Å²) >= 11 is 0. The van der Waals surface area contributed by atoms with Crippen LogP contribution in [0.3, 0.4) is 0 Å². The molecule has 1 aromatic heterocycles. The highest BCUT2D eigenvalue weighted by Gasteiger charge is 2.11. The SMILES string of the molecule is COCn1c(=O)oc2ccc(C(=O)O)cc21. The molecule has 16 heavy (non-hydrogen) atoms. The molecule has 1 aromatic carbocycles. The molecule has 6 nitrogen and oxygen atoms in total. The summed E-state index contributed by atoms with van der Waals surface area (Å²) in [5.74, 6) is -1.63. The fourth-order valence-corrected chi connectivity index (χ4v) is 1.45. The zero-order valence-corrected chi connectivity index (χ0v) is 8.47. The van der Waals surface area contributed by atoms with Crippen LogP contribution in [0.15, 0.2) is 27.4 Å². The van der Waals surface area contributed by atoms with Crippen molar-refractivity contribution in [1.82, 2.24) is 4.57 Å². The van der Waals surface area contributed by atoms with Crippen molar-refractivity contribution in [2.24, 2.45) is 0 Å². The van der Waals surface area contributed by atoms with Crippen molar-refractivity contribution >= 4 is 17.1 Å². The molecule has 0 aliphatic heterocycles. The zero-order valence-electron chi connectivity index (χ0n) is 8.47. The number of aromatic nitrogens is 1. The van der Waals surface area contributed by atoms with Gasteiger partial charge in [-0.3, -0.25) is 0 Å². The monoisotopic (exact) mass is 223 g/mol. The first-order chi connectivity index (χ1) is 7.63.